The van der Waals surface area contributed by atoms with Gasteiger partial charge in [-0.25, -0.2) is 0 Å². The number of amides is 1. The van der Waals surface area contributed by atoms with Gasteiger partial charge in [-0.05, 0) is 38.5 Å². The number of thioether (sulfide) groups is 1. The normalized spacial score (nSPS) is 23.9. The topological polar surface area (TPSA) is 55.1 Å². The lowest BCUT2D eigenvalue weighted by Gasteiger charge is -2.30. The Labute approximate surface area is 116 Å². The van der Waals surface area contributed by atoms with Crippen molar-refractivity contribution in [1.29, 1.82) is 0 Å². The second kappa shape index (κ2) is 9.68. The van der Waals surface area contributed by atoms with E-state index >= 15 is 0 Å². The SMILES string of the molecule is CSC1CCCCC1NC(=O)CCCCCCN. The molecule has 106 valence electrons. The summed E-state index contributed by atoms with van der Waals surface area (Å²) in [6.07, 6.45) is 12.2. The first-order valence-electron chi connectivity index (χ1n) is 7.30. The summed E-state index contributed by atoms with van der Waals surface area (Å²) in [4.78, 5) is 11.9. The molecule has 0 aliphatic heterocycles. The molecule has 2 unspecified atom stereocenters. The zero-order valence-electron chi connectivity index (χ0n) is 11.6. The van der Waals surface area contributed by atoms with E-state index in [0.717, 1.165) is 38.6 Å². The van der Waals surface area contributed by atoms with Crippen molar-refractivity contribution in [3.8, 4) is 0 Å². The van der Waals surface area contributed by atoms with Gasteiger partial charge >= 0.3 is 0 Å². The van der Waals surface area contributed by atoms with Crippen LogP contribution in [0.4, 0.5) is 0 Å². The van der Waals surface area contributed by atoms with Crippen LogP contribution in [0.2, 0.25) is 0 Å². The fourth-order valence-electron chi connectivity index (χ4n) is 2.61. The molecule has 1 amide bonds. The number of hydrogen-bond donors (Lipinski definition) is 2. The summed E-state index contributed by atoms with van der Waals surface area (Å²) in [7, 11) is 0. The molecular weight excluding hydrogens is 244 g/mol. The summed E-state index contributed by atoms with van der Waals surface area (Å²) < 4.78 is 0. The quantitative estimate of drug-likeness (QED) is 0.668. The van der Waals surface area contributed by atoms with Crippen molar-refractivity contribution in [3.05, 3.63) is 0 Å². The van der Waals surface area contributed by atoms with E-state index in [9.17, 15) is 4.79 Å². The minimum Gasteiger partial charge on any atom is -0.352 e. The lowest BCUT2D eigenvalue weighted by molar-refractivity contribution is -0.122. The molecule has 1 rings (SSSR count). The Morgan fingerprint density at radius 3 is 2.67 bits per heavy atom. The molecule has 0 aromatic rings. The van der Waals surface area contributed by atoms with Gasteiger partial charge in [0.1, 0.15) is 0 Å². The Hall–Kier alpha value is -0.220. The van der Waals surface area contributed by atoms with E-state index in [1.54, 1.807) is 0 Å². The van der Waals surface area contributed by atoms with E-state index < -0.39 is 0 Å². The van der Waals surface area contributed by atoms with Crippen molar-refractivity contribution in [2.75, 3.05) is 12.8 Å². The molecule has 1 fully saturated rings. The Morgan fingerprint density at radius 2 is 1.94 bits per heavy atom. The number of rotatable bonds is 8. The second-order valence-corrected chi connectivity index (χ2v) is 6.26. The van der Waals surface area contributed by atoms with Crippen LogP contribution >= 0.6 is 11.8 Å². The zero-order valence-corrected chi connectivity index (χ0v) is 12.4. The summed E-state index contributed by atoms with van der Waals surface area (Å²) in [5.41, 5.74) is 5.44. The smallest absolute Gasteiger partial charge is 0.220 e. The molecule has 1 aliphatic carbocycles. The predicted molar refractivity (Wildman–Crippen MR) is 79.8 cm³/mol. The molecule has 4 heteroatoms. The standard InChI is InChI=1S/C14H28N2OS/c1-18-13-9-6-5-8-12(13)16-14(17)10-4-2-3-7-11-15/h12-13H,2-11,15H2,1H3,(H,16,17). The maximum atomic E-state index is 11.9. The van der Waals surface area contributed by atoms with Gasteiger partial charge in [0.2, 0.25) is 5.91 Å². The fraction of sp³-hybridized carbons (Fsp3) is 0.929. The van der Waals surface area contributed by atoms with E-state index in [4.69, 9.17) is 5.73 Å². The molecule has 0 radical (unpaired) electrons. The summed E-state index contributed by atoms with van der Waals surface area (Å²) >= 11 is 1.90. The first-order valence-corrected chi connectivity index (χ1v) is 8.59. The van der Waals surface area contributed by atoms with Crippen LogP contribution in [0.1, 0.15) is 57.8 Å². The number of nitrogens with two attached hydrogens (primary N) is 1. The first kappa shape index (κ1) is 15.8. The van der Waals surface area contributed by atoms with E-state index in [1.165, 1.54) is 19.3 Å². The van der Waals surface area contributed by atoms with Crippen LogP contribution in [0.15, 0.2) is 0 Å². The van der Waals surface area contributed by atoms with Crippen LogP contribution < -0.4 is 11.1 Å². The van der Waals surface area contributed by atoms with E-state index in [0.29, 0.717) is 17.7 Å². The maximum absolute atomic E-state index is 11.9. The second-order valence-electron chi connectivity index (χ2n) is 5.19. The molecule has 3 nitrogen and oxygen atoms in total. The maximum Gasteiger partial charge on any atom is 0.220 e. The highest BCUT2D eigenvalue weighted by atomic mass is 32.2. The van der Waals surface area contributed by atoms with Gasteiger partial charge in [-0.2, -0.15) is 11.8 Å². The van der Waals surface area contributed by atoms with Crippen LogP contribution in [0, 0.1) is 0 Å². The highest BCUT2D eigenvalue weighted by molar-refractivity contribution is 7.99. The Morgan fingerprint density at radius 1 is 1.22 bits per heavy atom. The van der Waals surface area contributed by atoms with Gasteiger partial charge in [0.25, 0.3) is 0 Å². The van der Waals surface area contributed by atoms with Gasteiger partial charge in [0.05, 0.1) is 0 Å². The van der Waals surface area contributed by atoms with E-state index in [-0.39, 0.29) is 5.91 Å². The molecule has 2 atom stereocenters. The summed E-state index contributed by atoms with van der Waals surface area (Å²) in [6, 6.07) is 0.408. The van der Waals surface area contributed by atoms with Crippen molar-refractivity contribution in [2.45, 2.75) is 69.1 Å². The molecule has 0 aromatic heterocycles. The minimum absolute atomic E-state index is 0.244. The third kappa shape index (κ3) is 6.10. The molecule has 1 aliphatic rings. The zero-order chi connectivity index (χ0) is 13.2. The summed E-state index contributed by atoms with van der Waals surface area (Å²) in [5, 5.41) is 3.85. The van der Waals surface area contributed by atoms with Crippen molar-refractivity contribution in [3.63, 3.8) is 0 Å². The predicted octanol–water partition coefficient (Wildman–Crippen LogP) is 2.69. The molecule has 0 bridgehead atoms. The Kier molecular flexibility index (Phi) is 8.51. The first-order chi connectivity index (χ1) is 8.77. The monoisotopic (exact) mass is 272 g/mol. The van der Waals surface area contributed by atoms with E-state index in [1.807, 2.05) is 11.8 Å². The van der Waals surface area contributed by atoms with Crippen molar-refractivity contribution in [2.24, 2.45) is 5.73 Å². The van der Waals surface area contributed by atoms with Crippen LogP contribution in [0.25, 0.3) is 0 Å². The Balaban J connectivity index is 2.14. The van der Waals surface area contributed by atoms with Crippen molar-refractivity contribution >= 4 is 17.7 Å². The fourth-order valence-corrected chi connectivity index (χ4v) is 3.54. The van der Waals surface area contributed by atoms with Gasteiger partial charge in [-0.1, -0.05) is 25.7 Å². The molecule has 3 N–H and O–H groups in total. The molecule has 0 spiro atoms. The number of carbonyl (C=O) groups excluding carboxylic acids is 1. The molecule has 0 heterocycles. The molecular formula is C14H28N2OS. The summed E-state index contributed by atoms with van der Waals surface area (Å²) in [6.45, 7) is 0.768. The van der Waals surface area contributed by atoms with Gasteiger partial charge in [0.15, 0.2) is 0 Å². The minimum atomic E-state index is 0.244. The lowest BCUT2D eigenvalue weighted by atomic mass is 9.94. The van der Waals surface area contributed by atoms with Gasteiger partial charge in [0, 0.05) is 17.7 Å². The molecule has 1 saturated carbocycles. The van der Waals surface area contributed by atoms with Gasteiger partial charge in [-0.3, -0.25) is 4.79 Å². The molecule has 0 aromatic carbocycles. The average molecular weight is 272 g/mol. The molecule has 18 heavy (non-hydrogen) atoms. The van der Waals surface area contributed by atoms with Crippen molar-refractivity contribution in [1.82, 2.24) is 5.32 Å². The lowest BCUT2D eigenvalue weighted by Crippen LogP contribution is -2.43. The third-order valence-corrected chi connectivity index (χ3v) is 4.88. The van der Waals surface area contributed by atoms with Crippen LogP contribution in [-0.2, 0) is 4.79 Å². The number of carbonyl (C=O) groups is 1. The summed E-state index contributed by atoms with van der Waals surface area (Å²) in [5.74, 6) is 0.244. The van der Waals surface area contributed by atoms with Crippen molar-refractivity contribution < 1.29 is 4.79 Å². The number of hydrogen-bond acceptors (Lipinski definition) is 3. The van der Waals surface area contributed by atoms with E-state index in [2.05, 4.69) is 11.6 Å². The largest absolute Gasteiger partial charge is 0.352 e. The number of nitrogens with one attached hydrogen (secondary N) is 1. The molecule has 0 saturated heterocycles. The van der Waals surface area contributed by atoms with Gasteiger partial charge in [-0.15, -0.1) is 0 Å². The number of unbranched alkanes of at least 4 members (excludes halogenated alkanes) is 3. The Bertz CT molecular complexity index is 236. The van der Waals surface area contributed by atoms with Gasteiger partial charge < -0.3 is 11.1 Å². The third-order valence-electron chi connectivity index (χ3n) is 3.71. The van der Waals surface area contributed by atoms with Crippen LogP contribution in [-0.4, -0.2) is 30.0 Å². The highest BCUT2D eigenvalue weighted by Gasteiger charge is 2.25. The highest BCUT2D eigenvalue weighted by Crippen LogP contribution is 2.27. The average Bonchev–Trinajstić information content (AvgIpc) is 2.39. The van der Waals surface area contributed by atoms with Crippen LogP contribution in [0.5, 0.6) is 0 Å². The van der Waals surface area contributed by atoms with Crippen LogP contribution in [0.3, 0.4) is 0 Å².